The summed E-state index contributed by atoms with van der Waals surface area (Å²) in [5.74, 6) is 1.02. The van der Waals surface area contributed by atoms with E-state index in [2.05, 4.69) is 44.9 Å². The molecular weight excluding hydrogens is 376 g/mol. The van der Waals surface area contributed by atoms with Gasteiger partial charge in [0.25, 0.3) is 5.56 Å². The van der Waals surface area contributed by atoms with Crippen LogP contribution in [0.25, 0.3) is 10.9 Å². The Morgan fingerprint density at radius 3 is 2.63 bits per heavy atom. The average molecular weight is 407 g/mol. The van der Waals surface area contributed by atoms with Crippen molar-refractivity contribution in [2.45, 2.75) is 57.2 Å². The van der Waals surface area contributed by atoms with Crippen LogP contribution in [-0.4, -0.2) is 44.8 Å². The van der Waals surface area contributed by atoms with Crippen LogP contribution >= 0.6 is 0 Å². The van der Waals surface area contributed by atoms with Crippen molar-refractivity contribution in [1.29, 1.82) is 0 Å². The molecule has 2 aliphatic rings. The SMILES string of the molecule is O=c1cnccn1CCN1CCC(Oc2cccc3c2ccn3C2CCCC2)CC1. The number of fused-ring (bicyclic) bond motifs is 1. The third kappa shape index (κ3) is 4.01. The van der Waals surface area contributed by atoms with Gasteiger partial charge in [-0.3, -0.25) is 9.78 Å². The van der Waals surface area contributed by atoms with Gasteiger partial charge >= 0.3 is 0 Å². The number of ether oxygens (including phenoxy) is 1. The summed E-state index contributed by atoms with van der Waals surface area (Å²) in [4.78, 5) is 18.1. The third-order valence-electron chi connectivity index (χ3n) is 6.73. The van der Waals surface area contributed by atoms with E-state index in [0.717, 1.165) is 38.2 Å². The summed E-state index contributed by atoms with van der Waals surface area (Å²) < 4.78 is 10.7. The predicted molar refractivity (Wildman–Crippen MR) is 118 cm³/mol. The van der Waals surface area contributed by atoms with Gasteiger partial charge < -0.3 is 18.8 Å². The Morgan fingerprint density at radius 1 is 1.00 bits per heavy atom. The van der Waals surface area contributed by atoms with Crippen molar-refractivity contribution in [3.05, 3.63) is 59.4 Å². The second kappa shape index (κ2) is 8.64. The van der Waals surface area contributed by atoms with Crippen LogP contribution in [-0.2, 0) is 6.54 Å². The molecule has 30 heavy (non-hydrogen) atoms. The zero-order valence-electron chi connectivity index (χ0n) is 17.4. The minimum absolute atomic E-state index is 0.0339. The fraction of sp³-hybridized carbons (Fsp3) is 0.500. The van der Waals surface area contributed by atoms with Crippen molar-refractivity contribution in [1.82, 2.24) is 19.0 Å². The number of hydrogen-bond donors (Lipinski definition) is 0. The van der Waals surface area contributed by atoms with Gasteiger partial charge in [0.1, 0.15) is 11.9 Å². The van der Waals surface area contributed by atoms with E-state index in [9.17, 15) is 4.79 Å². The highest BCUT2D eigenvalue weighted by Gasteiger charge is 2.23. The van der Waals surface area contributed by atoms with E-state index < -0.39 is 0 Å². The molecule has 2 fully saturated rings. The number of piperidine rings is 1. The summed E-state index contributed by atoms with van der Waals surface area (Å²) in [6.45, 7) is 3.60. The van der Waals surface area contributed by atoms with Gasteiger partial charge in [-0.2, -0.15) is 0 Å². The molecule has 0 N–H and O–H groups in total. The standard InChI is InChI=1S/C24H30N4O2/c29-24-18-25-11-15-27(24)17-16-26-12-8-20(9-13-26)30-23-7-3-6-22-21(23)10-14-28(22)19-4-1-2-5-19/h3,6-7,10-11,14-15,18-20H,1-2,4-5,8-9,12-13,16-17H2. The molecule has 0 bridgehead atoms. The lowest BCUT2D eigenvalue weighted by molar-refractivity contribution is 0.0996. The number of aromatic nitrogens is 3. The maximum absolute atomic E-state index is 11.8. The van der Waals surface area contributed by atoms with Crippen LogP contribution in [0.1, 0.15) is 44.6 Å². The highest BCUT2D eigenvalue weighted by Crippen LogP contribution is 2.36. The summed E-state index contributed by atoms with van der Waals surface area (Å²) in [6.07, 6.45) is 14.6. The third-order valence-corrected chi connectivity index (χ3v) is 6.73. The first-order valence-electron chi connectivity index (χ1n) is 11.3. The van der Waals surface area contributed by atoms with Crippen LogP contribution < -0.4 is 10.3 Å². The topological polar surface area (TPSA) is 52.3 Å². The van der Waals surface area contributed by atoms with E-state index >= 15 is 0 Å². The molecule has 158 valence electrons. The molecule has 2 aromatic heterocycles. The molecule has 6 nitrogen and oxygen atoms in total. The molecular formula is C24H30N4O2. The van der Waals surface area contributed by atoms with Gasteiger partial charge in [0.15, 0.2) is 0 Å². The van der Waals surface area contributed by atoms with E-state index in [1.54, 1.807) is 17.0 Å². The van der Waals surface area contributed by atoms with Crippen molar-refractivity contribution in [3.8, 4) is 5.75 Å². The first kappa shape index (κ1) is 19.4. The van der Waals surface area contributed by atoms with E-state index in [1.165, 1.54) is 42.8 Å². The molecule has 0 spiro atoms. The molecule has 1 saturated carbocycles. The fourth-order valence-corrected chi connectivity index (χ4v) is 5.00. The van der Waals surface area contributed by atoms with Crippen LogP contribution in [0, 0.1) is 0 Å². The van der Waals surface area contributed by atoms with Gasteiger partial charge in [-0.15, -0.1) is 0 Å². The Labute approximate surface area is 177 Å². The lowest BCUT2D eigenvalue weighted by Crippen LogP contribution is -2.40. The summed E-state index contributed by atoms with van der Waals surface area (Å²) >= 11 is 0. The van der Waals surface area contributed by atoms with Gasteiger partial charge in [-0.25, -0.2) is 0 Å². The highest BCUT2D eigenvalue weighted by molar-refractivity contribution is 5.86. The monoisotopic (exact) mass is 406 g/mol. The summed E-state index contributed by atoms with van der Waals surface area (Å²) in [7, 11) is 0. The Morgan fingerprint density at radius 2 is 1.83 bits per heavy atom. The largest absolute Gasteiger partial charge is 0.490 e. The van der Waals surface area contributed by atoms with Gasteiger partial charge in [0.2, 0.25) is 0 Å². The van der Waals surface area contributed by atoms with E-state index in [-0.39, 0.29) is 11.7 Å². The van der Waals surface area contributed by atoms with Crippen LogP contribution in [0.5, 0.6) is 5.75 Å². The van der Waals surface area contributed by atoms with E-state index in [0.29, 0.717) is 12.6 Å². The van der Waals surface area contributed by atoms with Crippen molar-refractivity contribution in [2.75, 3.05) is 19.6 Å². The fourth-order valence-electron chi connectivity index (χ4n) is 5.00. The number of nitrogens with zero attached hydrogens (tertiary/aromatic N) is 4. The zero-order chi connectivity index (χ0) is 20.3. The predicted octanol–water partition coefficient (Wildman–Crippen LogP) is 3.86. The van der Waals surface area contributed by atoms with E-state index in [1.807, 2.05) is 0 Å². The number of rotatable bonds is 6. The van der Waals surface area contributed by atoms with Crippen molar-refractivity contribution >= 4 is 10.9 Å². The molecule has 1 aliphatic carbocycles. The number of benzene rings is 1. The van der Waals surface area contributed by atoms with Crippen LogP contribution in [0.3, 0.4) is 0 Å². The van der Waals surface area contributed by atoms with Crippen LogP contribution in [0.4, 0.5) is 0 Å². The van der Waals surface area contributed by atoms with Crippen LogP contribution in [0.15, 0.2) is 53.8 Å². The van der Waals surface area contributed by atoms with Gasteiger partial charge in [-0.1, -0.05) is 18.9 Å². The number of hydrogen-bond acceptors (Lipinski definition) is 4. The zero-order valence-corrected chi connectivity index (χ0v) is 17.4. The van der Waals surface area contributed by atoms with Gasteiger partial charge in [-0.05, 0) is 43.9 Å². The summed E-state index contributed by atoms with van der Waals surface area (Å²) in [5.41, 5.74) is 1.27. The maximum atomic E-state index is 11.8. The second-order valence-electron chi connectivity index (χ2n) is 8.62. The molecule has 3 heterocycles. The Bertz CT molecular complexity index is 1040. The first-order valence-corrected chi connectivity index (χ1v) is 11.3. The molecule has 5 rings (SSSR count). The van der Waals surface area contributed by atoms with Gasteiger partial charge in [0, 0.05) is 56.2 Å². The molecule has 6 heteroatoms. The Hall–Kier alpha value is -2.60. The Kier molecular flexibility index (Phi) is 5.58. The van der Waals surface area contributed by atoms with Crippen molar-refractivity contribution in [2.24, 2.45) is 0 Å². The van der Waals surface area contributed by atoms with Crippen molar-refractivity contribution in [3.63, 3.8) is 0 Å². The van der Waals surface area contributed by atoms with Gasteiger partial charge in [0.05, 0.1) is 11.7 Å². The number of likely N-dealkylation sites (tertiary alicyclic amines) is 1. The molecule has 0 amide bonds. The lowest BCUT2D eigenvalue weighted by atomic mass is 10.1. The smallest absolute Gasteiger partial charge is 0.269 e. The summed E-state index contributed by atoms with van der Waals surface area (Å²) in [5, 5.41) is 1.24. The lowest BCUT2D eigenvalue weighted by Gasteiger charge is -2.32. The normalized spacial score (nSPS) is 18.9. The minimum Gasteiger partial charge on any atom is -0.490 e. The molecule has 1 aromatic carbocycles. The van der Waals surface area contributed by atoms with Crippen molar-refractivity contribution < 1.29 is 4.74 Å². The van der Waals surface area contributed by atoms with E-state index in [4.69, 9.17) is 4.74 Å². The minimum atomic E-state index is -0.0339. The van der Waals surface area contributed by atoms with Crippen LogP contribution in [0.2, 0.25) is 0 Å². The average Bonchev–Trinajstić information content (AvgIpc) is 3.44. The quantitative estimate of drug-likeness (QED) is 0.624. The summed E-state index contributed by atoms with van der Waals surface area (Å²) in [6, 6.07) is 9.34. The molecule has 1 aliphatic heterocycles. The molecule has 0 radical (unpaired) electrons. The first-order chi connectivity index (χ1) is 14.8. The Balaban J connectivity index is 1.19. The molecule has 3 aromatic rings. The second-order valence-corrected chi connectivity index (χ2v) is 8.62. The maximum Gasteiger partial charge on any atom is 0.269 e. The highest BCUT2D eigenvalue weighted by atomic mass is 16.5. The molecule has 0 atom stereocenters. The molecule has 1 saturated heterocycles. The molecule has 0 unspecified atom stereocenters.